The number of halogens is 3. The SMILES string of the molecule is N#CCC(O)NCCSc1nonc1C(N)=Nc1ccc(F)c(C(F)F)c1. The van der Waals surface area contributed by atoms with Crippen LogP contribution in [0.3, 0.4) is 0 Å². The number of nitrogens with zero attached hydrogens (tertiary/aromatic N) is 4. The van der Waals surface area contributed by atoms with Crippen LogP contribution in [0.1, 0.15) is 24.1 Å². The van der Waals surface area contributed by atoms with Gasteiger partial charge in [0, 0.05) is 12.3 Å². The van der Waals surface area contributed by atoms with Gasteiger partial charge in [0.25, 0.3) is 6.43 Å². The summed E-state index contributed by atoms with van der Waals surface area (Å²) in [5.74, 6) is -0.723. The van der Waals surface area contributed by atoms with Gasteiger partial charge in [-0.2, -0.15) is 5.26 Å². The Kier molecular flexibility index (Phi) is 7.59. The number of aliphatic imine (C=N–C) groups is 1. The molecule has 0 amide bonds. The van der Waals surface area contributed by atoms with Crippen molar-refractivity contribution < 1.29 is 22.9 Å². The van der Waals surface area contributed by atoms with Gasteiger partial charge in [0.2, 0.25) is 0 Å². The minimum absolute atomic E-state index is 0.0319. The highest BCUT2D eigenvalue weighted by Crippen LogP contribution is 2.27. The Hall–Kier alpha value is -2.62. The van der Waals surface area contributed by atoms with E-state index in [2.05, 4.69) is 25.3 Å². The Balaban J connectivity index is 2.04. The summed E-state index contributed by atoms with van der Waals surface area (Å²) in [4.78, 5) is 3.95. The number of nitriles is 1. The molecular weight excluding hydrogens is 385 g/mol. The van der Waals surface area contributed by atoms with E-state index < -0.39 is 24.0 Å². The summed E-state index contributed by atoms with van der Waals surface area (Å²) in [5, 5.41) is 28.2. The van der Waals surface area contributed by atoms with Crippen LogP contribution >= 0.6 is 11.8 Å². The van der Waals surface area contributed by atoms with Gasteiger partial charge >= 0.3 is 0 Å². The highest BCUT2D eigenvalue weighted by atomic mass is 32.2. The molecule has 2 aromatic rings. The molecule has 0 saturated heterocycles. The second kappa shape index (κ2) is 9.91. The van der Waals surface area contributed by atoms with Crippen LogP contribution < -0.4 is 11.1 Å². The summed E-state index contributed by atoms with van der Waals surface area (Å²) in [6.07, 6.45) is -3.95. The molecule has 27 heavy (non-hydrogen) atoms. The number of rotatable bonds is 9. The van der Waals surface area contributed by atoms with E-state index in [1.165, 1.54) is 17.8 Å². The second-order valence-corrected chi connectivity index (χ2v) is 6.19. The van der Waals surface area contributed by atoms with Crippen molar-refractivity contribution in [3.8, 4) is 6.07 Å². The number of amidine groups is 1. The highest BCUT2D eigenvalue weighted by molar-refractivity contribution is 7.99. The monoisotopic (exact) mass is 400 g/mol. The summed E-state index contributed by atoms with van der Waals surface area (Å²) in [5.41, 5.74) is 5.19. The Bertz CT molecular complexity index is 839. The van der Waals surface area contributed by atoms with Gasteiger partial charge in [-0.05, 0) is 28.5 Å². The number of hydrogen-bond acceptors (Lipinski definition) is 8. The predicted octanol–water partition coefficient (Wildman–Crippen LogP) is 2.10. The van der Waals surface area contributed by atoms with E-state index in [1.807, 2.05) is 6.07 Å². The van der Waals surface area contributed by atoms with Crippen LogP contribution in [0, 0.1) is 17.1 Å². The smallest absolute Gasteiger partial charge is 0.266 e. The number of alkyl halides is 2. The van der Waals surface area contributed by atoms with Crippen LogP contribution in [0.15, 0.2) is 32.8 Å². The Morgan fingerprint density at radius 3 is 2.93 bits per heavy atom. The lowest BCUT2D eigenvalue weighted by Crippen LogP contribution is -2.30. The van der Waals surface area contributed by atoms with Gasteiger partial charge in [-0.15, -0.1) is 0 Å². The molecule has 0 bridgehead atoms. The van der Waals surface area contributed by atoms with Crippen LogP contribution in [0.2, 0.25) is 0 Å². The molecule has 1 aromatic heterocycles. The lowest BCUT2D eigenvalue weighted by atomic mass is 10.2. The van der Waals surface area contributed by atoms with Gasteiger partial charge < -0.3 is 10.8 Å². The normalized spacial score (nSPS) is 13.0. The molecule has 0 aliphatic heterocycles. The first-order valence-corrected chi connectivity index (χ1v) is 8.56. The Morgan fingerprint density at radius 1 is 1.44 bits per heavy atom. The summed E-state index contributed by atoms with van der Waals surface area (Å²) < 4.78 is 43.5. The molecule has 0 saturated carbocycles. The molecular formula is C15H15F3N6O2S. The van der Waals surface area contributed by atoms with Gasteiger partial charge in [0.05, 0.1) is 23.7 Å². The van der Waals surface area contributed by atoms with E-state index in [4.69, 9.17) is 11.0 Å². The third-order valence-corrected chi connectivity index (χ3v) is 4.12. The molecule has 8 nitrogen and oxygen atoms in total. The number of thioether (sulfide) groups is 1. The first-order valence-electron chi connectivity index (χ1n) is 7.58. The third-order valence-electron chi connectivity index (χ3n) is 3.17. The number of benzene rings is 1. The fourth-order valence-corrected chi connectivity index (χ4v) is 2.70. The first-order chi connectivity index (χ1) is 12.9. The van der Waals surface area contributed by atoms with Crippen LogP contribution in [0.4, 0.5) is 18.9 Å². The predicted molar refractivity (Wildman–Crippen MR) is 91.0 cm³/mol. The lowest BCUT2D eigenvalue weighted by molar-refractivity contribution is 0.145. The van der Waals surface area contributed by atoms with Crippen LogP contribution in [-0.4, -0.2) is 39.8 Å². The maximum Gasteiger partial charge on any atom is 0.266 e. The number of aliphatic hydroxyl groups excluding tert-OH is 1. The Morgan fingerprint density at radius 2 is 2.22 bits per heavy atom. The highest BCUT2D eigenvalue weighted by Gasteiger charge is 2.17. The quantitative estimate of drug-likeness (QED) is 0.192. The number of aliphatic hydroxyl groups is 1. The van der Waals surface area contributed by atoms with Gasteiger partial charge in [-0.3, -0.25) is 5.32 Å². The molecule has 0 spiro atoms. The van der Waals surface area contributed by atoms with Gasteiger partial charge in [0.15, 0.2) is 16.6 Å². The Labute approximate surface area is 156 Å². The fourth-order valence-electron chi connectivity index (χ4n) is 1.92. The second-order valence-electron chi connectivity index (χ2n) is 5.10. The summed E-state index contributed by atoms with van der Waals surface area (Å²) in [7, 11) is 0. The molecule has 0 aliphatic carbocycles. The summed E-state index contributed by atoms with van der Waals surface area (Å²) in [6, 6.07) is 4.80. The largest absolute Gasteiger partial charge is 0.382 e. The van der Waals surface area contributed by atoms with Crippen LogP contribution in [0.25, 0.3) is 0 Å². The van der Waals surface area contributed by atoms with E-state index >= 15 is 0 Å². The van der Waals surface area contributed by atoms with Crippen LogP contribution in [-0.2, 0) is 0 Å². The van der Waals surface area contributed by atoms with Crippen LogP contribution in [0.5, 0.6) is 0 Å². The van der Waals surface area contributed by atoms with E-state index in [0.29, 0.717) is 17.3 Å². The zero-order valence-corrected chi connectivity index (χ0v) is 14.6. The molecule has 144 valence electrons. The zero-order valence-electron chi connectivity index (χ0n) is 13.8. The van der Waals surface area contributed by atoms with Crippen molar-refractivity contribution in [2.75, 3.05) is 12.3 Å². The summed E-state index contributed by atoms with van der Waals surface area (Å²) in [6.45, 7) is 0.368. The molecule has 4 N–H and O–H groups in total. The van der Waals surface area contributed by atoms with Crippen molar-refractivity contribution in [1.29, 1.82) is 5.26 Å². The maximum atomic E-state index is 13.3. The van der Waals surface area contributed by atoms with E-state index in [-0.39, 0.29) is 23.6 Å². The maximum absolute atomic E-state index is 13.3. The van der Waals surface area contributed by atoms with E-state index in [9.17, 15) is 18.3 Å². The minimum Gasteiger partial charge on any atom is -0.382 e. The molecule has 1 atom stereocenters. The molecule has 1 heterocycles. The molecule has 0 fully saturated rings. The average molecular weight is 400 g/mol. The van der Waals surface area contributed by atoms with Gasteiger partial charge in [0.1, 0.15) is 12.0 Å². The number of aromatic nitrogens is 2. The van der Waals surface area contributed by atoms with Crippen molar-refractivity contribution in [2.24, 2.45) is 10.7 Å². The fraction of sp³-hybridized carbons (Fsp3) is 0.333. The molecule has 0 aliphatic rings. The topological polar surface area (TPSA) is 133 Å². The molecule has 2 rings (SSSR count). The summed E-state index contributed by atoms with van der Waals surface area (Å²) >= 11 is 1.20. The lowest BCUT2D eigenvalue weighted by Gasteiger charge is -2.08. The molecule has 12 heteroatoms. The van der Waals surface area contributed by atoms with E-state index in [0.717, 1.165) is 12.1 Å². The van der Waals surface area contributed by atoms with Crippen molar-refractivity contribution >= 4 is 23.3 Å². The zero-order chi connectivity index (χ0) is 19.8. The van der Waals surface area contributed by atoms with Crippen molar-refractivity contribution in [3.05, 3.63) is 35.3 Å². The number of hydrogen-bond donors (Lipinski definition) is 3. The van der Waals surface area contributed by atoms with Crippen molar-refractivity contribution in [2.45, 2.75) is 24.1 Å². The van der Waals surface area contributed by atoms with Crippen molar-refractivity contribution in [1.82, 2.24) is 15.6 Å². The standard InChI is InChI=1S/C15H15F3N6O2S/c16-10-2-1-8(7-9(10)13(17)18)22-14(20)12-15(24-26-23-12)27-6-5-21-11(25)3-4-19/h1-2,7,11,13,21,25H,3,5-6H2,(H2,20,22). The molecule has 0 radical (unpaired) electrons. The average Bonchev–Trinajstić information content (AvgIpc) is 3.09. The molecule has 1 aromatic carbocycles. The molecule has 1 unspecified atom stereocenters. The number of nitrogens with one attached hydrogen (secondary N) is 1. The van der Waals surface area contributed by atoms with Crippen molar-refractivity contribution in [3.63, 3.8) is 0 Å². The van der Waals surface area contributed by atoms with E-state index in [1.54, 1.807) is 0 Å². The van der Waals surface area contributed by atoms with Gasteiger partial charge in [-0.25, -0.2) is 22.8 Å². The van der Waals surface area contributed by atoms with Gasteiger partial charge in [-0.1, -0.05) is 11.8 Å². The third kappa shape index (κ3) is 5.95. The number of nitrogens with two attached hydrogens (primary N) is 1. The minimum atomic E-state index is -2.98. The first kappa shape index (κ1) is 20.7.